The molecular weight excluding hydrogens is 452 g/mol. The molecule has 0 aliphatic carbocycles. The molecule has 1 fully saturated rings. The summed E-state index contributed by atoms with van der Waals surface area (Å²) in [5.41, 5.74) is 6.82. The quantitative estimate of drug-likeness (QED) is 0.458. The summed E-state index contributed by atoms with van der Waals surface area (Å²) >= 11 is 0. The van der Waals surface area contributed by atoms with E-state index in [9.17, 15) is 22.4 Å². The number of likely N-dealkylation sites (tertiary alicyclic amines) is 1. The van der Waals surface area contributed by atoms with Gasteiger partial charge in [-0.25, -0.2) is 9.37 Å². The molecule has 1 amide bonds. The van der Waals surface area contributed by atoms with E-state index in [-0.39, 0.29) is 24.2 Å². The fourth-order valence-corrected chi connectivity index (χ4v) is 4.07. The largest absolute Gasteiger partial charge is 0.416 e. The molecular formula is C23H18F4N6O. The Labute approximate surface area is 190 Å². The zero-order chi connectivity index (χ0) is 24.0. The molecule has 0 bridgehead atoms. The van der Waals surface area contributed by atoms with E-state index in [4.69, 9.17) is 5.73 Å². The van der Waals surface area contributed by atoms with Crippen molar-refractivity contribution in [3.63, 3.8) is 0 Å². The second kappa shape index (κ2) is 8.08. The number of nitrogens with zero attached hydrogens (tertiary/aromatic N) is 5. The molecule has 1 aliphatic rings. The predicted molar refractivity (Wildman–Crippen MR) is 115 cm³/mol. The second-order valence-corrected chi connectivity index (χ2v) is 8.13. The number of fused-ring (bicyclic) bond motifs is 1. The van der Waals surface area contributed by atoms with Crippen LogP contribution in [0.1, 0.15) is 33.1 Å². The minimum Gasteiger partial charge on any atom is -0.384 e. The van der Waals surface area contributed by atoms with Crippen molar-refractivity contribution in [1.82, 2.24) is 24.6 Å². The SMILES string of the molecule is Nc1cc(C(=O)N2CC(c3nn(Cc4ccc(C(F)(F)F)cc4)c4cncc(F)c34)C2)ccn1. The lowest BCUT2D eigenvalue weighted by atomic mass is 9.93. The standard InChI is InChI=1S/C23H18F4N6O/c24-17-8-29-9-18-20(17)21(15-11-32(12-15)22(34)14-5-6-30-19(28)7-14)31-33(18)10-13-1-3-16(4-2-13)23(25,26)27/h1-9,15H,10-12H2,(H2,28,30). The number of hydrogen-bond donors (Lipinski definition) is 1. The number of benzene rings is 1. The van der Waals surface area contributed by atoms with E-state index in [2.05, 4.69) is 15.1 Å². The first-order chi connectivity index (χ1) is 16.2. The van der Waals surface area contributed by atoms with Gasteiger partial charge in [-0.1, -0.05) is 12.1 Å². The molecule has 3 aromatic heterocycles. The van der Waals surface area contributed by atoms with Gasteiger partial charge < -0.3 is 10.6 Å². The number of carbonyl (C=O) groups excluding carboxylic acids is 1. The molecule has 0 radical (unpaired) electrons. The van der Waals surface area contributed by atoms with Crippen molar-refractivity contribution >= 4 is 22.6 Å². The highest BCUT2D eigenvalue weighted by atomic mass is 19.4. The van der Waals surface area contributed by atoms with Crippen LogP contribution in [0, 0.1) is 5.82 Å². The average molecular weight is 470 g/mol. The molecule has 1 aromatic carbocycles. The first kappa shape index (κ1) is 21.8. The van der Waals surface area contributed by atoms with Gasteiger partial charge in [0.2, 0.25) is 0 Å². The van der Waals surface area contributed by atoms with Crippen molar-refractivity contribution < 1.29 is 22.4 Å². The maximum atomic E-state index is 14.7. The summed E-state index contributed by atoms with van der Waals surface area (Å²) in [6.07, 6.45) is -0.400. The van der Waals surface area contributed by atoms with Crippen LogP contribution in [-0.4, -0.2) is 43.6 Å². The number of anilines is 1. The van der Waals surface area contributed by atoms with E-state index >= 15 is 0 Å². The monoisotopic (exact) mass is 470 g/mol. The lowest BCUT2D eigenvalue weighted by Crippen LogP contribution is -2.48. The smallest absolute Gasteiger partial charge is 0.384 e. The topological polar surface area (TPSA) is 89.9 Å². The Morgan fingerprint density at radius 3 is 2.53 bits per heavy atom. The summed E-state index contributed by atoms with van der Waals surface area (Å²) in [5.74, 6) is -0.708. The summed E-state index contributed by atoms with van der Waals surface area (Å²) in [7, 11) is 0. The summed E-state index contributed by atoms with van der Waals surface area (Å²) in [6, 6.07) is 7.81. The predicted octanol–water partition coefficient (Wildman–Crippen LogP) is 3.85. The van der Waals surface area contributed by atoms with Gasteiger partial charge in [0.05, 0.1) is 41.1 Å². The van der Waals surface area contributed by atoms with Crippen LogP contribution in [-0.2, 0) is 12.7 Å². The molecule has 0 saturated carbocycles. The van der Waals surface area contributed by atoms with Crippen molar-refractivity contribution in [2.24, 2.45) is 0 Å². The number of amides is 1. The molecule has 11 heteroatoms. The first-order valence-corrected chi connectivity index (χ1v) is 10.4. The van der Waals surface area contributed by atoms with Crippen LogP contribution in [0.4, 0.5) is 23.4 Å². The van der Waals surface area contributed by atoms with Gasteiger partial charge in [-0.05, 0) is 29.8 Å². The number of carbonyl (C=O) groups is 1. The van der Waals surface area contributed by atoms with Crippen molar-refractivity contribution in [3.05, 3.63) is 83.2 Å². The molecule has 174 valence electrons. The molecule has 5 rings (SSSR count). The fourth-order valence-electron chi connectivity index (χ4n) is 4.07. The minimum atomic E-state index is -4.42. The molecule has 4 aromatic rings. The summed E-state index contributed by atoms with van der Waals surface area (Å²) < 4.78 is 54.8. The van der Waals surface area contributed by atoms with Crippen LogP contribution in [0.25, 0.3) is 10.9 Å². The number of halogens is 4. The Morgan fingerprint density at radius 1 is 1.12 bits per heavy atom. The van der Waals surface area contributed by atoms with Crippen molar-refractivity contribution in [2.45, 2.75) is 18.6 Å². The number of hydrogen-bond acceptors (Lipinski definition) is 5. The highest BCUT2D eigenvalue weighted by Gasteiger charge is 2.36. The van der Waals surface area contributed by atoms with Gasteiger partial charge in [0.1, 0.15) is 5.82 Å². The maximum absolute atomic E-state index is 14.7. The number of nitrogens with two attached hydrogens (primary N) is 1. The normalized spacial score (nSPS) is 14.4. The summed E-state index contributed by atoms with van der Waals surface area (Å²) in [4.78, 5) is 22.1. The Morgan fingerprint density at radius 2 is 1.85 bits per heavy atom. The van der Waals surface area contributed by atoms with Crippen LogP contribution in [0.15, 0.2) is 55.0 Å². The molecule has 1 aliphatic heterocycles. The van der Waals surface area contributed by atoms with Gasteiger partial charge in [0, 0.05) is 30.8 Å². The Kier molecular flexibility index (Phi) is 5.18. The maximum Gasteiger partial charge on any atom is 0.416 e. The number of aromatic nitrogens is 4. The third-order valence-corrected chi connectivity index (χ3v) is 5.84. The number of rotatable bonds is 4. The van der Waals surface area contributed by atoms with E-state index in [0.717, 1.165) is 18.3 Å². The van der Waals surface area contributed by atoms with Crippen LogP contribution in [0.2, 0.25) is 0 Å². The molecule has 2 N–H and O–H groups in total. The van der Waals surface area contributed by atoms with Crippen LogP contribution in [0.5, 0.6) is 0 Å². The van der Waals surface area contributed by atoms with Crippen LogP contribution >= 0.6 is 0 Å². The lowest BCUT2D eigenvalue weighted by Gasteiger charge is -2.38. The van der Waals surface area contributed by atoms with Gasteiger partial charge in [-0.15, -0.1) is 0 Å². The van der Waals surface area contributed by atoms with E-state index < -0.39 is 17.6 Å². The van der Waals surface area contributed by atoms with E-state index in [1.54, 1.807) is 11.0 Å². The summed E-state index contributed by atoms with van der Waals surface area (Å²) in [5, 5.41) is 4.86. The molecule has 34 heavy (non-hydrogen) atoms. The van der Waals surface area contributed by atoms with Gasteiger partial charge in [0.15, 0.2) is 5.82 Å². The number of pyridine rings is 2. The van der Waals surface area contributed by atoms with Crippen LogP contribution in [0.3, 0.4) is 0 Å². The molecule has 4 heterocycles. The number of alkyl halides is 3. The van der Waals surface area contributed by atoms with E-state index in [1.807, 2.05) is 0 Å². The molecule has 0 unspecified atom stereocenters. The molecule has 7 nitrogen and oxygen atoms in total. The van der Waals surface area contributed by atoms with Crippen LogP contribution < -0.4 is 5.73 Å². The first-order valence-electron chi connectivity index (χ1n) is 10.4. The Bertz CT molecular complexity index is 1380. The fraction of sp³-hybridized carbons (Fsp3) is 0.217. The molecule has 1 saturated heterocycles. The third kappa shape index (κ3) is 3.93. The molecule has 0 spiro atoms. The van der Waals surface area contributed by atoms with Gasteiger partial charge >= 0.3 is 6.18 Å². The number of nitrogen functional groups attached to an aromatic ring is 1. The van der Waals surface area contributed by atoms with Crippen molar-refractivity contribution in [3.8, 4) is 0 Å². The zero-order valence-electron chi connectivity index (χ0n) is 17.6. The van der Waals surface area contributed by atoms with E-state index in [1.165, 1.54) is 35.3 Å². The zero-order valence-corrected chi connectivity index (χ0v) is 17.6. The highest BCUT2D eigenvalue weighted by molar-refractivity contribution is 5.95. The van der Waals surface area contributed by atoms with Crippen molar-refractivity contribution in [2.75, 3.05) is 18.8 Å². The Balaban J connectivity index is 1.39. The third-order valence-electron chi connectivity index (χ3n) is 5.84. The average Bonchev–Trinajstić information content (AvgIpc) is 3.11. The lowest BCUT2D eigenvalue weighted by molar-refractivity contribution is -0.137. The van der Waals surface area contributed by atoms with E-state index in [0.29, 0.717) is 40.8 Å². The minimum absolute atomic E-state index is 0.144. The summed E-state index contributed by atoms with van der Waals surface area (Å²) in [6.45, 7) is 0.829. The van der Waals surface area contributed by atoms with Gasteiger partial charge in [0.25, 0.3) is 5.91 Å². The Hall–Kier alpha value is -4.02. The molecule has 0 atom stereocenters. The van der Waals surface area contributed by atoms with Gasteiger partial charge in [-0.2, -0.15) is 18.3 Å². The second-order valence-electron chi connectivity index (χ2n) is 8.13. The van der Waals surface area contributed by atoms with Gasteiger partial charge in [-0.3, -0.25) is 14.5 Å². The highest BCUT2D eigenvalue weighted by Crippen LogP contribution is 2.34. The van der Waals surface area contributed by atoms with Crippen molar-refractivity contribution in [1.29, 1.82) is 0 Å².